The van der Waals surface area contributed by atoms with E-state index in [1.165, 1.54) is 0 Å². The summed E-state index contributed by atoms with van der Waals surface area (Å²) >= 11 is 0. The maximum atomic E-state index is 12.5. The molecule has 30 heavy (non-hydrogen) atoms. The van der Waals surface area contributed by atoms with Gasteiger partial charge in [-0.15, -0.1) is 0 Å². The van der Waals surface area contributed by atoms with Crippen LogP contribution in [0.2, 0.25) is 0 Å². The van der Waals surface area contributed by atoms with Crippen molar-refractivity contribution >= 4 is 15.6 Å². The van der Waals surface area contributed by atoms with Crippen LogP contribution in [0.5, 0.6) is 0 Å². The second-order valence-corrected chi connectivity index (χ2v) is 11.4. The van der Waals surface area contributed by atoms with Crippen LogP contribution in [0.3, 0.4) is 0 Å². The molecule has 0 aliphatic carbocycles. The molecule has 2 N–H and O–H groups in total. The average molecular weight is 477 g/mol. The van der Waals surface area contributed by atoms with Crippen LogP contribution < -0.4 is 0 Å². The standard InChI is InChI=1S/C15H33O4P.C5H13O4P/c1-13(2)7-10-17-20(16,18-11-8-14(3)4)19-12-9-15(5)6;1-2-3-4-5-9-10(6,7)8/h13-15H,7-12H2,1-6H3;2-5H2,1H3,(H2,6,7,8). The van der Waals surface area contributed by atoms with Crippen LogP contribution in [-0.4, -0.2) is 36.2 Å². The smallest absolute Gasteiger partial charge is 0.303 e. The van der Waals surface area contributed by atoms with Gasteiger partial charge in [0.1, 0.15) is 0 Å². The van der Waals surface area contributed by atoms with Crippen molar-refractivity contribution in [3.8, 4) is 0 Å². The predicted molar refractivity (Wildman–Crippen MR) is 121 cm³/mol. The Morgan fingerprint density at radius 1 is 0.633 bits per heavy atom. The highest BCUT2D eigenvalue weighted by Crippen LogP contribution is 2.50. The largest absolute Gasteiger partial charge is 0.474 e. The number of phosphoric acid groups is 2. The van der Waals surface area contributed by atoms with Crippen molar-refractivity contribution in [1.29, 1.82) is 0 Å². The Hall–Kier alpha value is 0.220. The van der Waals surface area contributed by atoms with Gasteiger partial charge in [-0.3, -0.25) is 18.1 Å². The molecule has 0 aromatic carbocycles. The van der Waals surface area contributed by atoms with Crippen LogP contribution in [0.4, 0.5) is 0 Å². The normalized spacial score (nSPS) is 12.5. The Labute approximate surface area is 184 Å². The quantitative estimate of drug-likeness (QED) is 0.179. The van der Waals surface area contributed by atoms with Gasteiger partial charge in [-0.1, -0.05) is 61.3 Å². The van der Waals surface area contributed by atoms with E-state index in [0.717, 1.165) is 32.1 Å². The van der Waals surface area contributed by atoms with Gasteiger partial charge in [-0.2, -0.15) is 0 Å². The van der Waals surface area contributed by atoms with E-state index in [1.807, 2.05) is 6.92 Å². The summed E-state index contributed by atoms with van der Waals surface area (Å²) in [4.78, 5) is 16.4. The SMILES string of the molecule is CC(C)CCOP(=O)(OCCC(C)C)OCCC(C)C.CCCCCOP(=O)(O)O. The van der Waals surface area contributed by atoms with Crippen LogP contribution in [-0.2, 0) is 27.2 Å². The molecule has 0 aliphatic heterocycles. The van der Waals surface area contributed by atoms with Crippen LogP contribution in [0, 0.1) is 17.8 Å². The Kier molecular flexibility index (Phi) is 20.3. The summed E-state index contributed by atoms with van der Waals surface area (Å²) in [7, 11) is -7.59. The van der Waals surface area contributed by atoms with Crippen molar-refractivity contribution < 1.29 is 37.0 Å². The highest BCUT2D eigenvalue weighted by atomic mass is 31.2. The fourth-order valence-electron chi connectivity index (χ4n) is 1.85. The van der Waals surface area contributed by atoms with Crippen molar-refractivity contribution in [2.75, 3.05) is 26.4 Å². The fraction of sp³-hybridized carbons (Fsp3) is 1.00. The van der Waals surface area contributed by atoms with E-state index in [4.69, 9.17) is 23.4 Å². The van der Waals surface area contributed by atoms with Crippen molar-refractivity contribution in [3.05, 3.63) is 0 Å². The van der Waals surface area contributed by atoms with Gasteiger partial charge >= 0.3 is 15.6 Å². The van der Waals surface area contributed by atoms with Gasteiger partial charge in [0.05, 0.1) is 26.4 Å². The van der Waals surface area contributed by atoms with Crippen molar-refractivity contribution in [2.45, 2.75) is 87.0 Å². The highest BCUT2D eigenvalue weighted by molar-refractivity contribution is 7.48. The third-order valence-corrected chi connectivity index (χ3v) is 5.86. The van der Waals surface area contributed by atoms with E-state index in [9.17, 15) is 9.13 Å². The van der Waals surface area contributed by atoms with Crippen molar-refractivity contribution in [1.82, 2.24) is 0 Å². The Morgan fingerprint density at radius 3 is 1.27 bits per heavy atom. The van der Waals surface area contributed by atoms with Crippen LogP contribution in [0.15, 0.2) is 0 Å². The molecule has 0 atom stereocenters. The lowest BCUT2D eigenvalue weighted by atomic mass is 10.2. The fourth-order valence-corrected chi connectivity index (χ4v) is 3.43. The number of unbranched alkanes of at least 4 members (excludes halogenated alkanes) is 2. The Morgan fingerprint density at radius 2 is 1.00 bits per heavy atom. The molecule has 0 saturated carbocycles. The van der Waals surface area contributed by atoms with Gasteiger partial charge in [-0.25, -0.2) is 9.13 Å². The molecule has 8 nitrogen and oxygen atoms in total. The Balaban J connectivity index is 0. The number of rotatable bonds is 17. The molecule has 0 bridgehead atoms. The molecule has 0 radical (unpaired) electrons. The van der Waals surface area contributed by atoms with Crippen LogP contribution >= 0.6 is 15.6 Å². The molecule has 0 heterocycles. The molecular weight excluding hydrogens is 430 g/mol. The molecule has 0 amide bonds. The second-order valence-electron chi connectivity index (χ2n) is 8.53. The Bertz CT molecular complexity index is 435. The van der Waals surface area contributed by atoms with Crippen molar-refractivity contribution in [2.24, 2.45) is 17.8 Å². The summed E-state index contributed by atoms with van der Waals surface area (Å²) in [5.41, 5.74) is 0. The topological polar surface area (TPSA) is 112 Å². The zero-order valence-corrected chi connectivity index (χ0v) is 21.8. The third-order valence-electron chi connectivity index (χ3n) is 3.84. The van der Waals surface area contributed by atoms with Gasteiger partial charge in [0.15, 0.2) is 0 Å². The minimum atomic E-state index is -4.21. The zero-order chi connectivity index (χ0) is 23.6. The minimum Gasteiger partial charge on any atom is -0.303 e. The molecule has 0 aromatic rings. The third kappa shape index (κ3) is 26.3. The molecule has 0 fully saturated rings. The number of hydrogen-bond donors (Lipinski definition) is 2. The summed E-state index contributed by atoms with van der Waals surface area (Å²) in [6, 6.07) is 0. The summed E-state index contributed by atoms with van der Waals surface area (Å²) < 4.78 is 43.0. The van der Waals surface area contributed by atoms with Gasteiger partial charge in [0, 0.05) is 0 Å². The van der Waals surface area contributed by atoms with Gasteiger partial charge in [0.2, 0.25) is 0 Å². The molecule has 0 unspecified atom stereocenters. The lowest BCUT2D eigenvalue weighted by Gasteiger charge is -2.19. The van der Waals surface area contributed by atoms with E-state index in [-0.39, 0.29) is 6.61 Å². The van der Waals surface area contributed by atoms with E-state index in [2.05, 4.69) is 46.1 Å². The molecule has 10 heteroatoms. The molecule has 0 aliphatic rings. The number of hydrogen-bond acceptors (Lipinski definition) is 6. The average Bonchev–Trinajstić information content (AvgIpc) is 2.57. The lowest BCUT2D eigenvalue weighted by Crippen LogP contribution is -2.07. The highest BCUT2D eigenvalue weighted by Gasteiger charge is 2.26. The van der Waals surface area contributed by atoms with Crippen LogP contribution in [0.1, 0.15) is 87.0 Å². The summed E-state index contributed by atoms with van der Waals surface area (Å²) in [5, 5.41) is 0. The van der Waals surface area contributed by atoms with Gasteiger partial charge in [-0.05, 0) is 43.4 Å². The van der Waals surface area contributed by atoms with E-state index >= 15 is 0 Å². The first-order chi connectivity index (χ1) is 13.8. The zero-order valence-electron chi connectivity index (χ0n) is 20.0. The lowest BCUT2D eigenvalue weighted by molar-refractivity contribution is 0.102. The van der Waals surface area contributed by atoms with Gasteiger partial charge in [0.25, 0.3) is 0 Å². The van der Waals surface area contributed by atoms with Crippen molar-refractivity contribution in [3.63, 3.8) is 0 Å². The van der Waals surface area contributed by atoms with E-state index in [0.29, 0.717) is 44.0 Å². The van der Waals surface area contributed by atoms with Gasteiger partial charge < -0.3 is 9.79 Å². The predicted octanol–water partition coefficient (Wildman–Crippen LogP) is 6.57. The molecule has 0 saturated heterocycles. The first kappa shape index (κ1) is 32.4. The maximum Gasteiger partial charge on any atom is 0.474 e. The first-order valence-corrected chi connectivity index (χ1v) is 14.0. The summed E-state index contributed by atoms with van der Waals surface area (Å²) in [6.07, 6.45) is 5.23. The van der Waals surface area contributed by atoms with E-state index < -0.39 is 15.6 Å². The summed E-state index contributed by atoms with van der Waals surface area (Å²) in [5.74, 6) is 1.53. The van der Waals surface area contributed by atoms with E-state index in [1.54, 1.807) is 0 Å². The first-order valence-electron chi connectivity index (χ1n) is 11.0. The second kappa shape index (κ2) is 18.8. The monoisotopic (exact) mass is 476 g/mol. The molecule has 0 rings (SSSR count). The maximum absolute atomic E-state index is 12.5. The molecule has 0 spiro atoms. The summed E-state index contributed by atoms with van der Waals surface area (Å²) in [6.45, 7) is 16.0. The molecule has 184 valence electrons. The molecular formula is C20H46O8P2. The number of phosphoric ester groups is 2. The van der Waals surface area contributed by atoms with Crippen LogP contribution in [0.25, 0.3) is 0 Å². The molecule has 0 aromatic heterocycles. The minimum absolute atomic E-state index is 0.151.